The van der Waals surface area contributed by atoms with Crippen LogP contribution in [0.1, 0.15) is 32.0 Å². The summed E-state index contributed by atoms with van der Waals surface area (Å²) in [5.74, 6) is 1.78. The zero-order valence-electron chi connectivity index (χ0n) is 19.5. The number of rotatable bonds is 7. The molecule has 172 valence electrons. The second-order valence-corrected chi connectivity index (χ2v) is 8.70. The second kappa shape index (κ2) is 8.67. The SMILES string of the molecule is CCn1nc(Nc2cc3cc(-c4cc(C)ncc4OCC(C)(C)O)ccn3n2)cc(C)c1=O. The van der Waals surface area contributed by atoms with Crippen molar-refractivity contribution in [2.75, 3.05) is 11.9 Å². The van der Waals surface area contributed by atoms with Gasteiger partial charge in [0.25, 0.3) is 5.56 Å². The molecule has 4 aromatic rings. The predicted molar refractivity (Wildman–Crippen MR) is 127 cm³/mol. The van der Waals surface area contributed by atoms with Gasteiger partial charge in [-0.25, -0.2) is 9.20 Å². The van der Waals surface area contributed by atoms with E-state index in [2.05, 4.69) is 20.5 Å². The van der Waals surface area contributed by atoms with Crippen LogP contribution in [0.15, 0.2) is 47.5 Å². The molecule has 4 aromatic heterocycles. The van der Waals surface area contributed by atoms with Gasteiger partial charge < -0.3 is 15.2 Å². The van der Waals surface area contributed by atoms with Crippen LogP contribution in [0, 0.1) is 13.8 Å². The summed E-state index contributed by atoms with van der Waals surface area (Å²) in [7, 11) is 0. The largest absolute Gasteiger partial charge is 0.488 e. The average Bonchev–Trinajstić information content (AvgIpc) is 3.16. The van der Waals surface area contributed by atoms with E-state index in [0.29, 0.717) is 29.5 Å². The van der Waals surface area contributed by atoms with Crippen molar-refractivity contribution in [2.45, 2.75) is 46.8 Å². The molecule has 0 aliphatic rings. The third-order valence-electron chi connectivity index (χ3n) is 5.07. The molecule has 0 aliphatic carbocycles. The number of hydrogen-bond donors (Lipinski definition) is 2. The summed E-state index contributed by atoms with van der Waals surface area (Å²) in [6.45, 7) is 9.62. The zero-order valence-corrected chi connectivity index (χ0v) is 19.5. The third kappa shape index (κ3) is 5.04. The lowest BCUT2D eigenvalue weighted by Gasteiger charge is -2.19. The quantitative estimate of drug-likeness (QED) is 0.446. The summed E-state index contributed by atoms with van der Waals surface area (Å²) < 4.78 is 9.05. The summed E-state index contributed by atoms with van der Waals surface area (Å²) in [5.41, 5.74) is 3.13. The highest BCUT2D eigenvalue weighted by Gasteiger charge is 2.16. The maximum atomic E-state index is 12.1. The number of ether oxygens (including phenoxy) is 1. The molecular weight excluding hydrogens is 420 g/mol. The van der Waals surface area contributed by atoms with Gasteiger partial charge in [0.15, 0.2) is 11.6 Å². The Morgan fingerprint density at radius 1 is 1.12 bits per heavy atom. The van der Waals surface area contributed by atoms with Gasteiger partial charge in [0.1, 0.15) is 12.4 Å². The molecule has 0 unspecified atom stereocenters. The highest BCUT2D eigenvalue weighted by atomic mass is 16.5. The van der Waals surface area contributed by atoms with E-state index in [4.69, 9.17) is 4.74 Å². The fraction of sp³-hybridized carbons (Fsp3) is 0.333. The summed E-state index contributed by atoms with van der Waals surface area (Å²) in [4.78, 5) is 16.4. The van der Waals surface area contributed by atoms with Crippen LogP contribution in [-0.2, 0) is 6.54 Å². The number of aromatic nitrogens is 5. The van der Waals surface area contributed by atoms with E-state index in [1.165, 1.54) is 4.68 Å². The molecule has 0 fully saturated rings. The Labute approximate surface area is 191 Å². The number of hydrogen-bond acceptors (Lipinski definition) is 7. The van der Waals surface area contributed by atoms with Crippen LogP contribution in [0.25, 0.3) is 16.6 Å². The molecule has 0 amide bonds. The molecule has 0 radical (unpaired) electrons. The first-order valence-corrected chi connectivity index (χ1v) is 10.8. The average molecular weight is 449 g/mol. The first-order chi connectivity index (χ1) is 15.6. The van der Waals surface area contributed by atoms with Crippen LogP contribution in [0.5, 0.6) is 5.75 Å². The molecule has 0 saturated carbocycles. The second-order valence-electron chi connectivity index (χ2n) is 8.70. The fourth-order valence-corrected chi connectivity index (χ4v) is 3.45. The molecular formula is C24H28N6O3. The molecule has 0 aromatic carbocycles. The smallest absolute Gasteiger partial charge is 0.269 e. The van der Waals surface area contributed by atoms with Crippen LogP contribution < -0.4 is 15.6 Å². The Bertz CT molecular complexity index is 1370. The monoisotopic (exact) mass is 448 g/mol. The molecule has 0 atom stereocenters. The highest BCUT2D eigenvalue weighted by molar-refractivity contribution is 5.75. The van der Waals surface area contributed by atoms with E-state index in [1.807, 2.05) is 44.3 Å². The molecule has 9 nitrogen and oxygen atoms in total. The van der Waals surface area contributed by atoms with E-state index in [0.717, 1.165) is 22.3 Å². The summed E-state index contributed by atoms with van der Waals surface area (Å²) in [6.07, 6.45) is 3.55. The molecule has 4 heterocycles. The van der Waals surface area contributed by atoms with Crippen LogP contribution in [-0.4, -0.2) is 41.7 Å². The minimum atomic E-state index is -0.954. The molecule has 0 aliphatic heterocycles. The Kier molecular flexibility index (Phi) is 5.90. The lowest BCUT2D eigenvalue weighted by Crippen LogP contribution is -2.28. The Morgan fingerprint density at radius 2 is 1.88 bits per heavy atom. The van der Waals surface area contributed by atoms with Crippen LogP contribution in [0.3, 0.4) is 0 Å². The van der Waals surface area contributed by atoms with Gasteiger partial charge in [-0.2, -0.15) is 10.2 Å². The zero-order chi connectivity index (χ0) is 23.8. The number of nitrogens with one attached hydrogen (secondary N) is 1. The van der Waals surface area contributed by atoms with Gasteiger partial charge in [-0.15, -0.1) is 0 Å². The van der Waals surface area contributed by atoms with Crippen LogP contribution in [0.2, 0.25) is 0 Å². The van der Waals surface area contributed by atoms with Crippen molar-refractivity contribution in [2.24, 2.45) is 0 Å². The number of nitrogens with zero attached hydrogens (tertiary/aromatic N) is 5. The molecule has 0 saturated heterocycles. The first-order valence-electron chi connectivity index (χ1n) is 10.8. The van der Waals surface area contributed by atoms with E-state index >= 15 is 0 Å². The standard InChI is InChI=1S/C24H28N6O3/c1-6-29-23(31)15(2)9-21(27-29)26-22-12-18-11-17(7-8-30(18)28-22)19-10-16(3)25-13-20(19)33-14-24(4,5)32/h7-13,32H,6,14H2,1-5H3,(H,26,27,28). The van der Waals surface area contributed by atoms with Crippen LogP contribution in [0.4, 0.5) is 11.6 Å². The third-order valence-corrected chi connectivity index (χ3v) is 5.07. The Hall–Kier alpha value is -3.72. The molecule has 33 heavy (non-hydrogen) atoms. The topological polar surface area (TPSA) is 107 Å². The molecule has 9 heteroatoms. The van der Waals surface area contributed by atoms with Crippen molar-refractivity contribution in [1.82, 2.24) is 24.4 Å². The normalized spacial score (nSPS) is 11.7. The predicted octanol–water partition coefficient (Wildman–Crippen LogP) is 3.48. The molecule has 2 N–H and O–H groups in total. The van der Waals surface area contributed by atoms with Gasteiger partial charge in [-0.1, -0.05) is 0 Å². The first kappa shape index (κ1) is 22.5. The van der Waals surface area contributed by atoms with E-state index in [-0.39, 0.29) is 12.2 Å². The van der Waals surface area contributed by atoms with Crippen molar-refractivity contribution < 1.29 is 9.84 Å². The van der Waals surface area contributed by atoms with Crippen LogP contribution >= 0.6 is 0 Å². The lowest BCUT2D eigenvalue weighted by atomic mass is 10.1. The number of pyridine rings is 2. The van der Waals surface area contributed by atoms with Crippen molar-refractivity contribution in [3.63, 3.8) is 0 Å². The van der Waals surface area contributed by atoms with Crippen molar-refractivity contribution >= 4 is 17.2 Å². The lowest BCUT2D eigenvalue weighted by molar-refractivity contribution is 0.0286. The van der Waals surface area contributed by atoms with Gasteiger partial charge in [-0.3, -0.25) is 9.78 Å². The highest BCUT2D eigenvalue weighted by Crippen LogP contribution is 2.32. The number of fused-ring (bicyclic) bond motifs is 1. The summed E-state index contributed by atoms with van der Waals surface area (Å²) in [6, 6.07) is 9.55. The van der Waals surface area contributed by atoms with E-state index in [9.17, 15) is 9.90 Å². The maximum Gasteiger partial charge on any atom is 0.269 e. The van der Waals surface area contributed by atoms with Crippen molar-refractivity contribution in [1.29, 1.82) is 0 Å². The number of aryl methyl sites for hydroxylation is 3. The summed E-state index contributed by atoms with van der Waals surface area (Å²) in [5, 5.41) is 22.1. The van der Waals surface area contributed by atoms with Gasteiger partial charge >= 0.3 is 0 Å². The molecule has 4 rings (SSSR count). The molecule has 0 spiro atoms. The summed E-state index contributed by atoms with van der Waals surface area (Å²) >= 11 is 0. The van der Waals surface area contributed by atoms with Crippen molar-refractivity contribution in [3.05, 3.63) is 64.3 Å². The number of anilines is 2. The van der Waals surface area contributed by atoms with Gasteiger partial charge in [0, 0.05) is 35.6 Å². The van der Waals surface area contributed by atoms with Gasteiger partial charge in [0.2, 0.25) is 0 Å². The van der Waals surface area contributed by atoms with Gasteiger partial charge in [0.05, 0.1) is 17.3 Å². The maximum absolute atomic E-state index is 12.1. The minimum absolute atomic E-state index is 0.0991. The Morgan fingerprint density at radius 3 is 2.61 bits per heavy atom. The van der Waals surface area contributed by atoms with Gasteiger partial charge in [-0.05, 0) is 64.4 Å². The minimum Gasteiger partial charge on any atom is -0.488 e. The number of aliphatic hydroxyl groups is 1. The van der Waals surface area contributed by atoms with E-state index < -0.39 is 5.60 Å². The Balaban J connectivity index is 1.66. The van der Waals surface area contributed by atoms with Crippen molar-refractivity contribution in [3.8, 4) is 16.9 Å². The van der Waals surface area contributed by atoms with E-state index in [1.54, 1.807) is 37.5 Å². The molecule has 0 bridgehead atoms. The fourth-order valence-electron chi connectivity index (χ4n) is 3.45.